The summed E-state index contributed by atoms with van der Waals surface area (Å²) >= 11 is 2.29. The quantitative estimate of drug-likeness (QED) is 0.703. The van der Waals surface area contributed by atoms with Crippen LogP contribution in [0.15, 0.2) is 24.3 Å². The molecule has 0 unspecified atom stereocenters. The van der Waals surface area contributed by atoms with Gasteiger partial charge in [-0.05, 0) is 34.7 Å². The molecule has 0 aliphatic heterocycles. The van der Waals surface area contributed by atoms with Crippen LogP contribution in [0.2, 0.25) is 0 Å². The average molecular weight is 234 g/mol. The molecule has 1 rings (SSSR count). The summed E-state index contributed by atoms with van der Waals surface area (Å²) in [5.74, 6) is 0. The Morgan fingerprint density at radius 1 is 1.22 bits per heavy atom. The minimum atomic E-state index is 0.886. The lowest BCUT2D eigenvalue weighted by molar-refractivity contribution is -0.386. The van der Waals surface area contributed by atoms with E-state index in [1.54, 1.807) is 0 Å². The molecule has 0 spiro atoms. The summed E-state index contributed by atoms with van der Waals surface area (Å²) in [6, 6.07) is 8.41. The molecular formula is C7H9IN+. The molecule has 0 atom stereocenters. The van der Waals surface area contributed by atoms with Crippen molar-refractivity contribution < 1.29 is 5.73 Å². The molecule has 0 aromatic heterocycles. The van der Waals surface area contributed by atoms with Crippen LogP contribution in [0.5, 0.6) is 0 Å². The first kappa shape index (κ1) is 7.02. The third kappa shape index (κ3) is 1.95. The molecule has 3 N–H and O–H groups in total. The summed E-state index contributed by atoms with van der Waals surface area (Å²) in [4.78, 5) is 0. The molecule has 9 heavy (non-hydrogen) atoms. The van der Waals surface area contributed by atoms with Crippen LogP contribution in [0, 0.1) is 3.57 Å². The Morgan fingerprint density at radius 3 is 2.22 bits per heavy atom. The Kier molecular flexibility index (Phi) is 2.48. The van der Waals surface area contributed by atoms with Gasteiger partial charge >= 0.3 is 0 Å². The molecule has 0 fully saturated rings. The average Bonchev–Trinajstić information content (AvgIpc) is 1.90. The van der Waals surface area contributed by atoms with E-state index in [9.17, 15) is 0 Å². The minimum absolute atomic E-state index is 0.886. The zero-order chi connectivity index (χ0) is 6.69. The molecule has 2 heteroatoms. The van der Waals surface area contributed by atoms with Crippen molar-refractivity contribution in [1.29, 1.82) is 0 Å². The second-order valence-electron chi connectivity index (χ2n) is 1.88. The first-order valence-electron chi connectivity index (χ1n) is 2.86. The second-order valence-corrected chi connectivity index (χ2v) is 3.12. The van der Waals surface area contributed by atoms with E-state index in [1.165, 1.54) is 9.13 Å². The normalized spacial score (nSPS) is 9.56. The zero-order valence-electron chi connectivity index (χ0n) is 5.10. The number of halogens is 1. The van der Waals surface area contributed by atoms with Gasteiger partial charge in [0.25, 0.3) is 0 Å². The number of hydrogen-bond acceptors (Lipinski definition) is 0. The topological polar surface area (TPSA) is 27.6 Å². The zero-order valence-corrected chi connectivity index (χ0v) is 7.26. The Bertz CT molecular complexity index is 181. The van der Waals surface area contributed by atoms with E-state index in [-0.39, 0.29) is 0 Å². The fourth-order valence-corrected chi connectivity index (χ4v) is 1.01. The number of rotatable bonds is 1. The third-order valence-electron chi connectivity index (χ3n) is 1.20. The third-order valence-corrected chi connectivity index (χ3v) is 1.92. The highest BCUT2D eigenvalue weighted by molar-refractivity contribution is 14.1. The Labute approximate surface area is 68.4 Å². The van der Waals surface area contributed by atoms with Gasteiger partial charge in [-0.15, -0.1) is 0 Å². The predicted octanol–water partition coefficient (Wildman–Crippen LogP) is 1.03. The number of quaternary nitrogens is 1. The fourth-order valence-electron chi connectivity index (χ4n) is 0.651. The number of benzene rings is 1. The molecule has 1 aromatic carbocycles. The molecule has 0 aliphatic rings. The SMILES string of the molecule is [NH3+]Cc1ccc(I)cc1. The lowest BCUT2D eigenvalue weighted by Crippen LogP contribution is -2.47. The van der Waals surface area contributed by atoms with Crippen molar-refractivity contribution in [2.75, 3.05) is 0 Å². The smallest absolute Gasteiger partial charge is 0.0997 e. The van der Waals surface area contributed by atoms with Gasteiger partial charge in [0.2, 0.25) is 0 Å². The van der Waals surface area contributed by atoms with Gasteiger partial charge < -0.3 is 5.73 Å². The van der Waals surface area contributed by atoms with Crippen molar-refractivity contribution >= 4 is 22.6 Å². The van der Waals surface area contributed by atoms with E-state index < -0.39 is 0 Å². The maximum absolute atomic E-state index is 3.78. The Balaban J connectivity index is 2.88. The van der Waals surface area contributed by atoms with Gasteiger partial charge in [-0.25, -0.2) is 0 Å². The van der Waals surface area contributed by atoms with E-state index in [0.29, 0.717) is 0 Å². The van der Waals surface area contributed by atoms with Crippen LogP contribution in [0.25, 0.3) is 0 Å². The summed E-state index contributed by atoms with van der Waals surface area (Å²) in [6.45, 7) is 0.886. The first-order valence-corrected chi connectivity index (χ1v) is 3.94. The molecule has 0 radical (unpaired) electrons. The van der Waals surface area contributed by atoms with E-state index in [4.69, 9.17) is 0 Å². The Hall–Kier alpha value is -0.0900. The molecule has 1 nitrogen and oxygen atoms in total. The van der Waals surface area contributed by atoms with Gasteiger partial charge in [-0.1, -0.05) is 12.1 Å². The lowest BCUT2D eigenvalue weighted by Gasteiger charge is -1.91. The maximum Gasteiger partial charge on any atom is 0.0997 e. The molecule has 0 saturated carbocycles. The van der Waals surface area contributed by atoms with Gasteiger partial charge in [-0.3, -0.25) is 0 Å². The first-order chi connectivity index (χ1) is 4.33. The highest BCUT2D eigenvalue weighted by atomic mass is 127. The van der Waals surface area contributed by atoms with Gasteiger partial charge in [-0.2, -0.15) is 0 Å². The molecule has 0 saturated heterocycles. The molecular weight excluding hydrogens is 225 g/mol. The molecule has 48 valence electrons. The Morgan fingerprint density at radius 2 is 1.78 bits per heavy atom. The summed E-state index contributed by atoms with van der Waals surface area (Å²) < 4.78 is 1.28. The van der Waals surface area contributed by atoms with Crippen molar-refractivity contribution in [1.82, 2.24) is 0 Å². The minimum Gasteiger partial charge on any atom is -0.354 e. The van der Waals surface area contributed by atoms with E-state index in [0.717, 1.165) is 6.54 Å². The molecule has 0 heterocycles. The van der Waals surface area contributed by atoms with E-state index >= 15 is 0 Å². The van der Waals surface area contributed by atoms with Crippen molar-refractivity contribution in [3.8, 4) is 0 Å². The van der Waals surface area contributed by atoms with Gasteiger partial charge in [0.05, 0.1) is 6.54 Å². The van der Waals surface area contributed by atoms with Gasteiger partial charge in [0.15, 0.2) is 0 Å². The van der Waals surface area contributed by atoms with Crippen molar-refractivity contribution in [3.63, 3.8) is 0 Å². The van der Waals surface area contributed by atoms with Crippen LogP contribution in [-0.2, 0) is 6.54 Å². The fraction of sp³-hybridized carbons (Fsp3) is 0.143. The van der Waals surface area contributed by atoms with Crippen LogP contribution in [0.3, 0.4) is 0 Å². The predicted molar refractivity (Wildman–Crippen MR) is 45.8 cm³/mol. The molecule has 1 aromatic rings. The van der Waals surface area contributed by atoms with Crippen LogP contribution >= 0.6 is 22.6 Å². The van der Waals surface area contributed by atoms with Crippen molar-refractivity contribution in [3.05, 3.63) is 33.4 Å². The van der Waals surface area contributed by atoms with Crippen LogP contribution in [-0.4, -0.2) is 0 Å². The second kappa shape index (κ2) is 3.17. The summed E-state index contributed by atoms with van der Waals surface area (Å²) in [5, 5.41) is 0. The van der Waals surface area contributed by atoms with Crippen LogP contribution in [0.1, 0.15) is 5.56 Å². The van der Waals surface area contributed by atoms with Crippen molar-refractivity contribution in [2.45, 2.75) is 6.54 Å². The molecule has 0 amide bonds. The largest absolute Gasteiger partial charge is 0.354 e. The highest BCUT2D eigenvalue weighted by Gasteiger charge is 1.88. The van der Waals surface area contributed by atoms with E-state index in [2.05, 4.69) is 52.6 Å². The lowest BCUT2D eigenvalue weighted by atomic mass is 10.2. The maximum atomic E-state index is 3.78. The van der Waals surface area contributed by atoms with Crippen molar-refractivity contribution in [2.24, 2.45) is 0 Å². The molecule has 0 bridgehead atoms. The number of hydrogen-bond donors (Lipinski definition) is 1. The van der Waals surface area contributed by atoms with Gasteiger partial charge in [0, 0.05) is 9.13 Å². The summed E-state index contributed by atoms with van der Waals surface area (Å²) in [7, 11) is 0. The molecule has 0 aliphatic carbocycles. The monoisotopic (exact) mass is 234 g/mol. The van der Waals surface area contributed by atoms with E-state index in [1.807, 2.05) is 0 Å². The summed E-state index contributed by atoms with van der Waals surface area (Å²) in [5.41, 5.74) is 5.08. The van der Waals surface area contributed by atoms with Crippen LogP contribution < -0.4 is 5.73 Å². The van der Waals surface area contributed by atoms with Crippen LogP contribution in [0.4, 0.5) is 0 Å². The summed E-state index contributed by atoms with van der Waals surface area (Å²) in [6.07, 6.45) is 0. The standard InChI is InChI=1S/C7H8IN/c8-7-3-1-6(5-9)2-4-7/h1-4H,5,9H2/p+1. The van der Waals surface area contributed by atoms with Gasteiger partial charge in [0.1, 0.15) is 0 Å². The highest BCUT2D eigenvalue weighted by Crippen LogP contribution is 2.04.